The van der Waals surface area contributed by atoms with E-state index in [9.17, 15) is 9.59 Å². The first-order valence-corrected chi connectivity index (χ1v) is 6.26. The first-order valence-electron chi connectivity index (χ1n) is 5.45. The molecule has 0 amide bonds. The second-order valence-electron chi connectivity index (χ2n) is 4.01. The topological polar surface area (TPSA) is 78.4 Å². The minimum absolute atomic E-state index is 0.173. The predicted molar refractivity (Wildman–Crippen MR) is 73.6 cm³/mol. The number of aldehydes is 1. The van der Waals surface area contributed by atoms with Crippen molar-refractivity contribution in [2.45, 2.75) is 0 Å². The molecule has 0 aliphatic carbocycles. The molecule has 0 radical (unpaired) electrons. The van der Waals surface area contributed by atoms with Gasteiger partial charge >= 0.3 is 0 Å². The Hall–Kier alpha value is -2.28. The number of H-pyrrole nitrogens is 1. The van der Waals surface area contributed by atoms with E-state index >= 15 is 0 Å². The molecule has 6 nitrogen and oxygen atoms in total. The summed E-state index contributed by atoms with van der Waals surface area (Å²) in [6, 6.07) is 1.51. The summed E-state index contributed by atoms with van der Waals surface area (Å²) in [5.74, 6) is -0.173. The number of thiazole rings is 1. The maximum Gasteiger partial charge on any atom is 0.211 e. The van der Waals surface area contributed by atoms with Gasteiger partial charge in [-0.3, -0.25) is 9.59 Å². The molecule has 0 unspecified atom stereocenters. The summed E-state index contributed by atoms with van der Waals surface area (Å²) in [4.78, 5) is 35.8. The van der Waals surface area contributed by atoms with Gasteiger partial charge in [0.2, 0.25) is 10.9 Å². The number of carbonyl (C=O) groups excluding carboxylic acids is 2. The highest BCUT2D eigenvalue weighted by Gasteiger charge is 2.14. The molecule has 1 N–H and O–H groups in total. The van der Waals surface area contributed by atoms with Gasteiger partial charge in [0.1, 0.15) is 0 Å². The summed E-state index contributed by atoms with van der Waals surface area (Å²) < 4.78 is 0. The molecule has 98 valence electrons. The maximum atomic E-state index is 12.1. The Bertz CT molecular complexity index is 627. The molecule has 0 aliphatic heterocycles. The lowest BCUT2D eigenvalue weighted by Gasteiger charge is -1.99. The summed E-state index contributed by atoms with van der Waals surface area (Å²) in [7, 11) is 3.70. The van der Waals surface area contributed by atoms with Crippen LogP contribution in [0.3, 0.4) is 0 Å². The van der Waals surface area contributed by atoms with E-state index in [1.807, 2.05) is 14.1 Å². The zero-order valence-corrected chi connectivity index (χ0v) is 11.3. The van der Waals surface area contributed by atoms with Gasteiger partial charge in [-0.25, -0.2) is 9.98 Å². The second-order valence-corrected chi connectivity index (χ2v) is 5.02. The first-order chi connectivity index (χ1) is 9.10. The number of aromatic nitrogens is 2. The molecule has 0 aliphatic rings. The quantitative estimate of drug-likeness (QED) is 0.390. The summed E-state index contributed by atoms with van der Waals surface area (Å²) >= 11 is 1.21. The fraction of sp³-hybridized carbons (Fsp3) is 0.167. The third kappa shape index (κ3) is 3.14. The van der Waals surface area contributed by atoms with Crippen LogP contribution in [0.15, 0.2) is 23.5 Å². The second kappa shape index (κ2) is 5.57. The molecule has 0 aromatic carbocycles. The largest absolute Gasteiger partial charge is 0.369 e. The average molecular weight is 276 g/mol. The minimum Gasteiger partial charge on any atom is -0.369 e. The van der Waals surface area contributed by atoms with Crippen LogP contribution in [0, 0.1) is 0 Å². The van der Waals surface area contributed by atoms with Crippen LogP contribution < -0.4 is 0 Å². The molecule has 19 heavy (non-hydrogen) atoms. The Morgan fingerprint density at radius 1 is 1.53 bits per heavy atom. The number of aromatic amines is 1. The summed E-state index contributed by atoms with van der Waals surface area (Å²) in [5, 5.41) is 0.517. The molecule has 2 heterocycles. The van der Waals surface area contributed by atoms with Crippen LogP contribution in [0.4, 0.5) is 5.13 Å². The number of carbonyl (C=O) groups is 2. The third-order valence-electron chi connectivity index (χ3n) is 2.21. The van der Waals surface area contributed by atoms with Gasteiger partial charge in [0.15, 0.2) is 6.29 Å². The highest BCUT2D eigenvalue weighted by atomic mass is 32.1. The van der Waals surface area contributed by atoms with Crippen molar-refractivity contribution < 1.29 is 9.59 Å². The Balaban J connectivity index is 2.18. The smallest absolute Gasteiger partial charge is 0.211 e. The molecule has 2 aromatic heterocycles. The number of hydrogen-bond donors (Lipinski definition) is 1. The van der Waals surface area contributed by atoms with E-state index in [1.165, 1.54) is 29.8 Å². The minimum atomic E-state index is -0.173. The SMILES string of the molecule is CN(C)/C=N/c1ncc(C(=O)c2c[nH]c(C=O)c2)s1. The van der Waals surface area contributed by atoms with Crippen molar-refractivity contribution in [3.63, 3.8) is 0 Å². The molecule has 0 bridgehead atoms. The molecule has 0 saturated heterocycles. The number of rotatable bonds is 5. The fourth-order valence-electron chi connectivity index (χ4n) is 1.35. The van der Waals surface area contributed by atoms with Gasteiger partial charge in [0.05, 0.1) is 23.1 Å². The Morgan fingerprint density at radius 2 is 2.32 bits per heavy atom. The molecule has 7 heteroatoms. The van der Waals surface area contributed by atoms with Crippen molar-refractivity contribution in [3.05, 3.63) is 34.6 Å². The van der Waals surface area contributed by atoms with Crippen LogP contribution in [-0.2, 0) is 0 Å². The van der Waals surface area contributed by atoms with Crippen molar-refractivity contribution in [1.29, 1.82) is 0 Å². The highest BCUT2D eigenvalue weighted by Crippen LogP contribution is 2.23. The van der Waals surface area contributed by atoms with Crippen LogP contribution in [-0.4, -0.2) is 47.4 Å². The number of aliphatic imine (C=N–C) groups is 1. The van der Waals surface area contributed by atoms with E-state index in [4.69, 9.17) is 0 Å². The van der Waals surface area contributed by atoms with Crippen LogP contribution in [0.1, 0.15) is 25.7 Å². The van der Waals surface area contributed by atoms with Crippen molar-refractivity contribution in [2.24, 2.45) is 4.99 Å². The molecule has 0 saturated carbocycles. The molecule has 2 rings (SSSR count). The van der Waals surface area contributed by atoms with Gasteiger partial charge in [-0.05, 0) is 6.07 Å². The standard InChI is InChI=1S/C12H12N4O2S/c1-16(2)7-15-12-14-5-10(19-12)11(18)8-3-9(6-17)13-4-8/h3-7,13H,1-2H3/b15-7+. The number of nitrogens with zero attached hydrogens (tertiary/aromatic N) is 3. The Labute approximate surface area is 113 Å². The van der Waals surface area contributed by atoms with Crippen LogP contribution in [0.2, 0.25) is 0 Å². The third-order valence-corrected chi connectivity index (χ3v) is 3.12. The van der Waals surface area contributed by atoms with Gasteiger partial charge < -0.3 is 9.88 Å². The number of hydrogen-bond acceptors (Lipinski definition) is 5. The monoisotopic (exact) mass is 276 g/mol. The highest BCUT2D eigenvalue weighted by molar-refractivity contribution is 7.17. The zero-order valence-electron chi connectivity index (χ0n) is 10.5. The van der Waals surface area contributed by atoms with Crippen molar-refractivity contribution in [3.8, 4) is 0 Å². The van der Waals surface area contributed by atoms with Gasteiger partial charge in [0.25, 0.3) is 0 Å². The molecule has 0 fully saturated rings. The van der Waals surface area contributed by atoms with Crippen LogP contribution >= 0.6 is 11.3 Å². The maximum absolute atomic E-state index is 12.1. The molecule has 0 spiro atoms. The van der Waals surface area contributed by atoms with Crippen LogP contribution in [0.5, 0.6) is 0 Å². The summed E-state index contributed by atoms with van der Waals surface area (Å²) in [6.07, 6.45) is 5.28. The van der Waals surface area contributed by atoms with E-state index in [-0.39, 0.29) is 5.78 Å². The van der Waals surface area contributed by atoms with E-state index < -0.39 is 0 Å². The number of nitrogens with one attached hydrogen (secondary N) is 1. The van der Waals surface area contributed by atoms with E-state index in [2.05, 4.69) is 15.0 Å². The number of ketones is 1. The van der Waals surface area contributed by atoms with Gasteiger partial charge in [-0.15, -0.1) is 0 Å². The first kappa shape index (κ1) is 13.2. The van der Waals surface area contributed by atoms with Crippen molar-refractivity contribution in [1.82, 2.24) is 14.9 Å². The predicted octanol–water partition coefficient (Wildman–Crippen LogP) is 1.74. The lowest BCUT2D eigenvalue weighted by molar-refractivity contribution is 0.104. The van der Waals surface area contributed by atoms with Crippen molar-refractivity contribution >= 4 is 34.9 Å². The van der Waals surface area contributed by atoms with Gasteiger partial charge in [-0.1, -0.05) is 11.3 Å². The Kier molecular flexibility index (Phi) is 3.86. The van der Waals surface area contributed by atoms with Crippen molar-refractivity contribution in [2.75, 3.05) is 14.1 Å². The van der Waals surface area contributed by atoms with Gasteiger partial charge in [0, 0.05) is 25.9 Å². The molecule has 2 aromatic rings. The summed E-state index contributed by atoms with van der Waals surface area (Å²) in [5.41, 5.74) is 0.813. The zero-order chi connectivity index (χ0) is 13.8. The van der Waals surface area contributed by atoms with E-state index in [0.29, 0.717) is 27.6 Å². The van der Waals surface area contributed by atoms with E-state index in [1.54, 1.807) is 11.2 Å². The lowest BCUT2D eigenvalue weighted by Crippen LogP contribution is -2.06. The molecule has 0 atom stereocenters. The van der Waals surface area contributed by atoms with Gasteiger partial charge in [-0.2, -0.15) is 0 Å². The fourth-order valence-corrected chi connectivity index (χ4v) is 2.07. The summed E-state index contributed by atoms with van der Waals surface area (Å²) in [6.45, 7) is 0. The molecular weight excluding hydrogens is 264 g/mol. The average Bonchev–Trinajstić information content (AvgIpc) is 3.04. The Morgan fingerprint density at radius 3 is 2.95 bits per heavy atom. The van der Waals surface area contributed by atoms with E-state index in [0.717, 1.165) is 0 Å². The van der Waals surface area contributed by atoms with Crippen LogP contribution in [0.25, 0.3) is 0 Å². The molecular formula is C12H12N4O2S. The lowest BCUT2D eigenvalue weighted by atomic mass is 10.2. The normalized spacial score (nSPS) is 10.8.